The van der Waals surface area contributed by atoms with Crippen molar-refractivity contribution < 1.29 is 19.0 Å². The van der Waals surface area contributed by atoms with Crippen LogP contribution in [0.25, 0.3) is 0 Å². The van der Waals surface area contributed by atoms with Gasteiger partial charge in [-0.2, -0.15) is 5.26 Å². The number of benzene rings is 1. The highest BCUT2D eigenvalue weighted by Crippen LogP contribution is 2.23. The number of hydrogen-bond acceptors (Lipinski definition) is 3. The number of rotatable bonds is 7. The molecule has 0 aliphatic carbocycles. The zero-order valence-electron chi connectivity index (χ0n) is 11.6. The van der Waals surface area contributed by atoms with Crippen LogP contribution in [-0.2, 0) is 0 Å². The van der Waals surface area contributed by atoms with Crippen LogP contribution in [0.2, 0.25) is 0 Å². The van der Waals surface area contributed by atoms with E-state index in [0.29, 0.717) is 13.0 Å². The quantitative estimate of drug-likeness (QED) is 0.774. The molecule has 0 aliphatic rings. The first-order valence-electron chi connectivity index (χ1n) is 6.42. The molecule has 4 nitrogen and oxygen atoms in total. The molecule has 0 bridgehead atoms. The SMILES string of the molecule is CC(C)(C#N)CCCCOc1cc(F)ccc1C(=O)O. The van der Waals surface area contributed by atoms with Crippen molar-refractivity contribution in [2.45, 2.75) is 33.1 Å². The molecule has 0 aliphatic heterocycles. The van der Waals surface area contributed by atoms with Crippen molar-refractivity contribution in [2.75, 3.05) is 6.61 Å². The molecule has 0 amide bonds. The number of carboxylic acid groups (broad SMARTS) is 1. The molecule has 0 unspecified atom stereocenters. The molecule has 0 heterocycles. The predicted molar refractivity (Wildman–Crippen MR) is 72.1 cm³/mol. The van der Waals surface area contributed by atoms with E-state index in [1.54, 1.807) is 0 Å². The summed E-state index contributed by atoms with van der Waals surface area (Å²) in [7, 11) is 0. The van der Waals surface area contributed by atoms with Gasteiger partial charge in [-0.15, -0.1) is 0 Å². The van der Waals surface area contributed by atoms with E-state index in [2.05, 4.69) is 6.07 Å². The number of halogens is 1. The minimum absolute atomic E-state index is 0.0389. The third-order valence-electron chi connectivity index (χ3n) is 2.93. The fraction of sp³-hybridized carbons (Fsp3) is 0.467. The number of aromatic carboxylic acids is 1. The van der Waals surface area contributed by atoms with Gasteiger partial charge in [-0.1, -0.05) is 0 Å². The van der Waals surface area contributed by atoms with Gasteiger partial charge < -0.3 is 9.84 Å². The first kappa shape index (κ1) is 16.0. The molecular weight excluding hydrogens is 261 g/mol. The van der Waals surface area contributed by atoms with Crippen LogP contribution >= 0.6 is 0 Å². The Kier molecular flexibility index (Phi) is 5.51. The first-order valence-corrected chi connectivity index (χ1v) is 6.42. The van der Waals surface area contributed by atoms with Crippen molar-refractivity contribution in [1.82, 2.24) is 0 Å². The van der Waals surface area contributed by atoms with Crippen LogP contribution in [0.5, 0.6) is 5.75 Å². The Bertz CT molecular complexity index is 520. The molecule has 0 aromatic heterocycles. The van der Waals surface area contributed by atoms with Gasteiger partial charge in [0, 0.05) is 6.07 Å². The second-order valence-corrected chi connectivity index (χ2v) is 5.25. The molecule has 0 spiro atoms. The van der Waals surface area contributed by atoms with Gasteiger partial charge in [-0.05, 0) is 45.2 Å². The predicted octanol–water partition coefficient (Wildman–Crippen LogP) is 3.62. The normalized spacial score (nSPS) is 10.9. The van der Waals surface area contributed by atoms with Gasteiger partial charge in [0.15, 0.2) is 0 Å². The van der Waals surface area contributed by atoms with Crippen molar-refractivity contribution in [2.24, 2.45) is 5.41 Å². The van der Waals surface area contributed by atoms with Gasteiger partial charge in [0.05, 0.1) is 18.1 Å². The van der Waals surface area contributed by atoms with E-state index in [1.165, 1.54) is 6.07 Å². The number of nitrogens with zero attached hydrogens (tertiary/aromatic N) is 1. The highest BCUT2D eigenvalue weighted by atomic mass is 19.1. The number of carboxylic acids is 1. The lowest BCUT2D eigenvalue weighted by Gasteiger charge is -2.14. The first-order chi connectivity index (χ1) is 9.35. The van der Waals surface area contributed by atoms with Crippen molar-refractivity contribution >= 4 is 5.97 Å². The number of ether oxygens (including phenoxy) is 1. The summed E-state index contributed by atoms with van der Waals surface area (Å²) in [4.78, 5) is 11.0. The van der Waals surface area contributed by atoms with Crippen molar-refractivity contribution in [1.29, 1.82) is 5.26 Å². The molecule has 1 aromatic rings. The Hall–Kier alpha value is -2.09. The summed E-state index contributed by atoms with van der Waals surface area (Å²) in [5.74, 6) is -1.64. The molecule has 0 radical (unpaired) electrons. The maximum atomic E-state index is 13.1. The van der Waals surface area contributed by atoms with Gasteiger partial charge >= 0.3 is 5.97 Å². The van der Waals surface area contributed by atoms with E-state index in [1.807, 2.05) is 13.8 Å². The number of unbranched alkanes of at least 4 members (excludes halogenated alkanes) is 1. The Morgan fingerprint density at radius 2 is 2.15 bits per heavy atom. The van der Waals surface area contributed by atoms with Gasteiger partial charge in [0.1, 0.15) is 17.1 Å². The van der Waals surface area contributed by atoms with E-state index in [0.717, 1.165) is 25.0 Å². The summed E-state index contributed by atoms with van der Waals surface area (Å²) >= 11 is 0. The van der Waals surface area contributed by atoms with Crippen molar-refractivity contribution in [3.05, 3.63) is 29.6 Å². The molecule has 0 atom stereocenters. The summed E-state index contributed by atoms with van der Waals surface area (Å²) < 4.78 is 18.4. The zero-order chi connectivity index (χ0) is 15.2. The number of nitriles is 1. The highest BCUT2D eigenvalue weighted by Gasteiger charge is 2.16. The van der Waals surface area contributed by atoms with Crippen molar-refractivity contribution in [3.63, 3.8) is 0 Å². The lowest BCUT2D eigenvalue weighted by molar-refractivity contribution is 0.0692. The maximum Gasteiger partial charge on any atom is 0.339 e. The Morgan fingerprint density at radius 1 is 1.45 bits per heavy atom. The molecule has 108 valence electrons. The molecule has 1 N–H and O–H groups in total. The fourth-order valence-corrected chi connectivity index (χ4v) is 1.70. The summed E-state index contributed by atoms with van der Waals surface area (Å²) in [6, 6.07) is 5.56. The minimum Gasteiger partial charge on any atom is -0.493 e. The van der Waals surface area contributed by atoms with Gasteiger partial charge in [-0.3, -0.25) is 0 Å². The summed E-state index contributed by atoms with van der Waals surface area (Å²) in [6.07, 6.45) is 2.21. The van der Waals surface area contributed by atoms with Crippen LogP contribution in [0.4, 0.5) is 4.39 Å². The molecule has 1 rings (SSSR count). The van der Waals surface area contributed by atoms with Crippen LogP contribution in [0, 0.1) is 22.6 Å². The number of hydrogen-bond donors (Lipinski definition) is 1. The van der Waals surface area contributed by atoms with Crippen LogP contribution in [0.15, 0.2) is 18.2 Å². The smallest absolute Gasteiger partial charge is 0.339 e. The van der Waals surface area contributed by atoms with E-state index < -0.39 is 11.8 Å². The second-order valence-electron chi connectivity index (χ2n) is 5.25. The summed E-state index contributed by atoms with van der Waals surface area (Å²) in [5, 5.41) is 17.8. The van der Waals surface area contributed by atoms with Crippen LogP contribution in [0.1, 0.15) is 43.5 Å². The van der Waals surface area contributed by atoms with Gasteiger partial charge in [0.2, 0.25) is 0 Å². The Morgan fingerprint density at radius 3 is 2.75 bits per heavy atom. The molecule has 0 saturated carbocycles. The lowest BCUT2D eigenvalue weighted by atomic mass is 9.89. The zero-order valence-corrected chi connectivity index (χ0v) is 11.6. The third-order valence-corrected chi connectivity index (χ3v) is 2.93. The van der Waals surface area contributed by atoms with Crippen LogP contribution in [0.3, 0.4) is 0 Å². The molecule has 1 aromatic carbocycles. The Balaban J connectivity index is 2.49. The summed E-state index contributed by atoms with van der Waals surface area (Å²) in [5.41, 5.74) is -0.422. The monoisotopic (exact) mass is 279 g/mol. The van der Waals surface area contributed by atoms with Crippen molar-refractivity contribution in [3.8, 4) is 11.8 Å². The molecular formula is C15H18FNO3. The number of carbonyl (C=O) groups is 1. The molecule has 0 fully saturated rings. The minimum atomic E-state index is -1.15. The largest absolute Gasteiger partial charge is 0.493 e. The highest BCUT2D eigenvalue weighted by molar-refractivity contribution is 5.90. The van der Waals surface area contributed by atoms with E-state index >= 15 is 0 Å². The van der Waals surface area contributed by atoms with Crippen LogP contribution in [-0.4, -0.2) is 17.7 Å². The van der Waals surface area contributed by atoms with Gasteiger partial charge in [0.25, 0.3) is 0 Å². The van der Waals surface area contributed by atoms with E-state index in [9.17, 15) is 9.18 Å². The Labute approximate surface area is 117 Å². The van der Waals surface area contributed by atoms with E-state index in [4.69, 9.17) is 15.1 Å². The third kappa shape index (κ3) is 4.88. The molecule has 5 heteroatoms. The molecule has 0 saturated heterocycles. The fourth-order valence-electron chi connectivity index (χ4n) is 1.70. The average molecular weight is 279 g/mol. The summed E-state index contributed by atoms with van der Waals surface area (Å²) in [6.45, 7) is 4.02. The second kappa shape index (κ2) is 6.90. The van der Waals surface area contributed by atoms with E-state index in [-0.39, 0.29) is 16.7 Å². The molecule has 20 heavy (non-hydrogen) atoms. The van der Waals surface area contributed by atoms with Crippen LogP contribution < -0.4 is 4.74 Å². The maximum absolute atomic E-state index is 13.1. The standard InChI is InChI=1S/C15H18FNO3/c1-15(2,10-17)7-3-4-8-20-13-9-11(16)5-6-12(13)14(18)19/h5-6,9H,3-4,7-8H2,1-2H3,(H,18,19). The topological polar surface area (TPSA) is 70.3 Å². The average Bonchev–Trinajstić information content (AvgIpc) is 2.38. The lowest BCUT2D eigenvalue weighted by Crippen LogP contribution is -2.09. The van der Waals surface area contributed by atoms with Gasteiger partial charge in [-0.25, -0.2) is 9.18 Å².